The number of carbonyl (C=O) groups is 2. The van der Waals surface area contributed by atoms with Gasteiger partial charge in [-0.15, -0.1) is 0 Å². The molecule has 0 bridgehead atoms. The van der Waals surface area contributed by atoms with Crippen LogP contribution in [0.2, 0.25) is 10.3 Å². The van der Waals surface area contributed by atoms with E-state index in [0.717, 1.165) is 59.6 Å². The van der Waals surface area contributed by atoms with Gasteiger partial charge in [-0.1, -0.05) is 38.1 Å². The summed E-state index contributed by atoms with van der Waals surface area (Å²) >= 11 is 11.9. The smallest absolute Gasteiger partial charge is 0.408 e. The minimum Gasteiger partial charge on any atom is -0.444 e. The fraction of sp³-hybridized carbons (Fsp3) is 0.486. The monoisotopic (exact) mass is 713 g/mol. The molecule has 0 saturated carbocycles. The number of nitrogens with one attached hydrogen (secondary N) is 2. The van der Waals surface area contributed by atoms with Gasteiger partial charge in [0.15, 0.2) is 0 Å². The Hall–Kier alpha value is -4.00. The maximum absolute atomic E-state index is 13.0. The molecule has 0 spiro atoms. The van der Waals surface area contributed by atoms with Crippen molar-refractivity contribution in [3.8, 4) is 0 Å². The molecule has 0 aliphatic carbocycles. The van der Waals surface area contributed by atoms with Crippen LogP contribution in [0.3, 0.4) is 0 Å². The minimum absolute atomic E-state index is 0. The SMILES string of the molecule is C.C.CC(C)(C)OC(=O)NC(C)(C)C(=O)N1CCN(c2cnc3ccc(Cl)nc3c2)CC1.Clc1ccc2ncc(N3CCNCC3)cc2n1. The Morgan fingerprint density at radius 3 is 1.67 bits per heavy atom. The molecule has 49 heavy (non-hydrogen) atoms. The molecule has 266 valence electrons. The molecule has 2 aliphatic heterocycles. The summed E-state index contributed by atoms with van der Waals surface area (Å²) in [5.41, 5.74) is 3.64. The van der Waals surface area contributed by atoms with Crippen LogP contribution >= 0.6 is 23.2 Å². The van der Waals surface area contributed by atoms with Gasteiger partial charge in [-0.25, -0.2) is 14.8 Å². The highest BCUT2D eigenvalue weighted by atomic mass is 35.5. The number of hydrogen-bond acceptors (Lipinski definition) is 10. The summed E-state index contributed by atoms with van der Waals surface area (Å²) in [6.07, 6.45) is 3.11. The average molecular weight is 715 g/mol. The Labute approximate surface area is 299 Å². The number of aromatic nitrogens is 4. The maximum atomic E-state index is 13.0. The Balaban J connectivity index is 0.000000290. The van der Waals surface area contributed by atoms with Crippen molar-refractivity contribution in [2.75, 3.05) is 62.2 Å². The third-order valence-corrected chi connectivity index (χ3v) is 8.16. The van der Waals surface area contributed by atoms with E-state index < -0.39 is 17.2 Å². The molecule has 6 heterocycles. The molecule has 2 saturated heterocycles. The van der Waals surface area contributed by atoms with Gasteiger partial charge >= 0.3 is 6.09 Å². The van der Waals surface area contributed by atoms with Crippen LogP contribution in [0, 0.1) is 0 Å². The lowest BCUT2D eigenvalue weighted by atomic mass is 10.0. The third-order valence-electron chi connectivity index (χ3n) is 7.74. The van der Waals surface area contributed by atoms with E-state index in [1.165, 1.54) is 0 Å². The van der Waals surface area contributed by atoms with Gasteiger partial charge in [-0.05, 0) is 71.0 Å². The molecule has 0 aromatic carbocycles. The van der Waals surface area contributed by atoms with E-state index >= 15 is 0 Å². The van der Waals surface area contributed by atoms with Crippen molar-refractivity contribution in [1.29, 1.82) is 0 Å². The summed E-state index contributed by atoms with van der Waals surface area (Å²) in [7, 11) is 0. The maximum Gasteiger partial charge on any atom is 0.408 e. The molecular weight excluding hydrogens is 665 g/mol. The zero-order valence-electron chi connectivity index (χ0n) is 27.4. The summed E-state index contributed by atoms with van der Waals surface area (Å²) in [5.74, 6) is -0.141. The topological polar surface area (TPSA) is 129 Å². The average Bonchev–Trinajstić information content (AvgIpc) is 3.03. The van der Waals surface area contributed by atoms with Crippen molar-refractivity contribution in [2.24, 2.45) is 0 Å². The van der Waals surface area contributed by atoms with E-state index in [1.54, 1.807) is 51.7 Å². The number of anilines is 2. The van der Waals surface area contributed by atoms with Gasteiger partial charge in [-0.3, -0.25) is 14.8 Å². The summed E-state index contributed by atoms with van der Waals surface area (Å²) in [6, 6.07) is 11.2. The van der Waals surface area contributed by atoms with Crippen molar-refractivity contribution in [3.05, 3.63) is 59.1 Å². The van der Waals surface area contributed by atoms with Crippen LogP contribution in [0.4, 0.5) is 16.2 Å². The van der Waals surface area contributed by atoms with Crippen LogP contribution in [-0.4, -0.2) is 100 Å². The van der Waals surface area contributed by atoms with Gasteiger partial charge in [0.05, 0.1) is 45.8 Å². The van der Waals surface area contributed by atoms with Gasteiger partial charge in [0.2, 0.25) is 5.91 Å². The van der Waals surface area contributed by atoms with E-state index in [-0.39, 0.29) is 20.8 Å². The first-order chi connectivity index (χ1) is 22.3. The van der Waals surface area contributed by atoms with Gasteiger partial charge in [0.1, 0.15) is 21.4 Å². The quantitative estimate of drug-likeness (QED) is 0.236. The third kappa shape index (κ3) is 10.5. The highest BCUT2D eigenvalue weighted by Gasteiger charge is 2.36. The lowest BCUT2D eigenvalue weighted by molar-refractivity contribution is -0.137. The van der Waals surface area contributed by atoms with Gasteiger partial charge in [0, 0.05) is 52.4 Å². The predicted molar refractivity (Wildman–Crippen MR) is 200 cm³/mol. The number of alkyl carbamates (subject to hydrolysis) is 1. The fourth-order valence-corrected chi connectivity index (χ4v) is 5.69. The van der Waals surface area contributed by atoms with E-state index in [1.807, 2.05) is 30.6 Å². The molecular formula is C35H49Cl2N9O3. The van der Waals surface area contributed by atoms with E-state index in [4.69, 9.17) is 27.9 Å². The van der Waals surface area contributed by atoms with Gasteiger partial charge in [0.25, 0.3) is 0 Å². The number of nitrogens with zero attached hydrogens (tertiary/aromatic N) is 7. The number of piperazine rings is 2. The summed E-state index contributed by atoms with van der Waals surface area (Å²) < 4.78 is 5.28. The summed E-state index contributed by atoms with van der Waals surface area (Å²) in [4.78, 5) is 48.8. The normalized spacial score (nSPS) is 15.0. The number of halogens is 2. The standard InChI is InChI=1S/C21H28ClN5O3.C12H13ClN4.2CH4/c1-20(2,3)30-19(29)25-21(4,5)18(28)27-10-8-26(9-11-27)14-12-16-15(23-13-14)6-7-17(22)24-16;13-12-2-1-10-11(16-12)7-9(8-15-10)17-5-3-14-4-6-17;;/h6-7,12-13H,8-11H2,1-5H3,(H,25,29);1-2,7-8,14H,3-6H2;2*1H4. The lowest BCUT2D eigenvalue weighted by Gasteiger charge is -2.39. The first-order valence-electron chi connectivity index (χ1n) is 15.6. The van der Waals surface area contributed by atoms with Crippen LogP contribution < -0.4 is 20.4 Å². The van der Waals surface area contributed by atoms with Crippen LogP contribution in [0.1, 0.15) is 49.5 Å². The molecule has 2 aliphatic rings. The van der Waals surface area contributed by atoms with E-state index in [0.29, 0.717) is 36.5 Å². The van der Waals surface area contributed by atoms with Crippen molar-refractivity contribution in [3.63, 3.8) is 0 Å². The molecule has 12 nitrogen and oxygen atoms in total. The number of carbonyl (C=O) groups excluding carboxylic acids is 2. The Morgan fingerprint density at radius 2 is 1.20 bits per heavy atom. The molecule has 14 heteroatoms. The number of rotatable bonds is 4. The second kappa shape index (κ2) is 16.6. The molecule has 2 N–H and O–H groups in total. The summed E-state index contributed by atoms with van der Waals surface area (Å²) in [6.45, 7) is 15.2. The molecule has 0 radical (unpaired) electrons. The Morgan fingerprint density at radius 1 is 0.735 bits per heavy atom. The van der Waals surface area contributed by atoms with Crippen LogP contribution in [0.25, 0.3) is 22.1 Å². The Kier molecular flexibility index (Phi) is 13.4. The van der Waals surface area contributed by atoms with Crippen molar-refractivity contribution in [1.82, 2.24) is 35.5 Å². The number of hydrogen-bond donors (Lipinski definition) is 2. The first-order valence-corrected chi connectivity index (χ1v) is 16.4. The number of fused-ring (bicyclic) bond motifs is 2. The molecule has 0 unspecified atom stereocenters. The predicted octanol–water partition coefficient (Wildman–Crippen LogP) is 6.20. The molecule has 2 amide bonds. The molecule has 4 aromatic heterocycles. The molecule has 2 fully saturated rings. The van der Waals surface area contributed by atoms with Crippen LogP contribution in [0.15, 0.2) is 48.8 Å². The number of pyridine rings is 4. The lowest BCUT2D eigenvalue weighted by Crippen LogP contribution is -2.60. The van der Waals surface area contributed by atoms with Crippen molar-refractivity contribution >= 4 is 68.6 Å². The van der Waals surface area contributed by atoms with E-state index in [9.17, 15) is 9.59 Å². The largest absolute Gasteiger partial charge is 0.444 e. The first kappa shape index (κ1) is 39.4. The fourth-order valence-electron chi connectivity index (χ4n) is 5.39. The zero-order chi connectivity index (χ0) is 33.8. The Bertz CT molecular complexity index is 1740. The summed E-state index contributed by atoms with van der Waals surface area (Å²) in [5, 5.41) is 6.95. The van der Waals surface area contributed by atoms with Crippen molar-refractivity contribution < 1.29 is 14.3 Å². The van der Waals surface area contributed by atoms with Gasteiger partial charge in [-0.2, -0.15) is 0 Å². The molecule has 4 aromatic rings. The number of amides is 2. The molecule has 0 atom stereocenters. The van der Waals surface area contributed by atoms with Gasteiger partial charge < -0.3 is 30.1 Å². The minimum atomic E-state index is -1.06. The van der Waals surface area contributed by atoms with Crippen LogP contribution in [-0.2, 0) is 9.53 Å². The zero-order valence-corrected chi connectivity index (χ0v) is 28.9. The highest BCUT2D eigenvalue weighted by Crippen LogP contribution is 2.23. The second-order valence-electron chi connectivity index (χ2n) is 13.0. The number of ether oxygens (including phenoxy) is 1. The second-order valence-corrected chi connectivity index (χ2v) is 13.8. The molecule has 6 rings (SSSR count). The van der Waals surface area contributed by atoms with Crippen LogP contribution in [0.5, 0.6) is 0 Å². The van der Waals surface area contributed by atoms with E-state index in [2.05, 4.69) is 46.4 Å². The highest BCUT2D eigenvalue weighted by molar-refractivity contribution is 6.30. The van der Waals surface area contributed by atoms with Crippen molar-refractivity contribution in [2.45, 2.75) is 60.6 Å².